The van der Waals surface area contributed by atoms with Gasteiger partial charge in [-0.2, -0.15) is 4.37 Å². The Morgan fingerprint density at radius 3 is 2.58 bits per heavy atom. The monoisotopic (exact) mass is 178 g/mol. The molecule has 2 aromatic heterocycles. The fraction of sp³-hybridized carbons (Fsp3) is 0. The molecule has 0 saturated carbocycles. The van der Waals surface area contributed by atoms with E-state index in [0.717, 1.165) is 5.69 Å². The molecule has 0 spiro atoms. The normalized spacial score (nSPS) is 10.0. The summed E-state index contributed by atoms with van der Waals surface area (Å²) < 4.78 is 4.08. The quantitative estimate of drug-likeness (QED) is 0.712. The minimum atomic E-state index is 0.616. The van der Waals surface area contributed by atoms with Crippen molar-refractivity contribution in [2.45, 2.75) is 0 Å². The molecule has 4 nitrogen and oxygen atoms in total. The summed E-state index contributed by atoms with van der Waals surface area (Å²) in [4.78, 5) is 8.08. The molecule has 0 atom stereocenters. The van der Waals surface area contributed by atoms with Crippen LogP contribution in [-0.2, 0) is 0 Å². The van der Waals surface area contributed by atoms with Crippen LogP contribution in [0.3, 0.4) is 0 Å². The predicted octanol–water partition coefficient (Wildman–Crippen LogP) is 1.18. The highest BCUT2D eigenvalue weighted by atomic mass is 32.1. The number of nitrogens with two attached hydrogens (primary N) is 1. The zero-order valence-electron chi connectivity index (χ0n) is 6.14. The van der Waals surface area contributed by atoms with Crippen LogP contribution in [0, 0.1) is 0 Å². The van der Waals surface area contributed by atoms with Crippen molar-refractivity contribution in [3.63, 3.8) is 0 Å². The lowest BCUT2D eigenvalue weighted by Gasteiger charge is -1.89. The molecule has 2 aromatic rings. The smallest absolute Gasteiger partial charge is 0.179 e. The van der Waals surface area contributed by atoms with E-state index in [1.165, 1.54) is 11.5 Å². The molecule has 0 unspecified atom stereocenters. The molecular weight excluding hydrogens is 172 g/mol. The van der Waals surface area contributed by atoms with Gasteiger partial charge in [0.05, 0.1) is 0 Å². The summed E-state index contributed by atoms with van der Waals surface area (Å²) in [6.07, 6.45) is 3.36. The van der Waals surface area contributed by atoms with Crippen molar-refractivity contribution in [3.05, 3.63) is 24.5 Å². The van der Waals surface area contributed by atoms with Crippen molar-refractivity contribution < 1.29 is 0 Å². The molecule has 0 radical (unpaired) electrons. The van der Waals surface area contributed by atoms with Crippen LogP contribution in [0.5, 0.6) is 0 Å². The third-order valence-corrected chi connectivity index (χ3v) is 1.94. The molecular formula is C7H6N4S. The maximum Gasteiger partial charge on any atom is 0.179 e. The third kappa shape index (κ3) is 1.26. The van der Waals surface area contributed by atoms with Crippen molar-refractivity contribution in [1.82, 2.24) is 14.3 Å². The highest BCUT2D eigenvalue weighted by Gasteiger charge is 2.03. The van der Waals surface area contributed by atoms with Crippen molar-refractivity contribution >= 4 is 16.5 Å². The Labute approximate surface area is 73.3 Å². The summed E-state index contributed by atoms with van der Waals surface area (Å²) in [7, 11) is 0. The van der Waals surface area contributed by atoms with E-state index in [2.05, 4.69) is 14.3 Å². The molecule has 2 rings (SSSR count). The van der Waals surface area contributed by atoms with E-state index in [1.807, 2.05) is 0 Å². The van der Waals surface area contributed by atoms with E-state index in [-0.39, 0.29) is 0 Å². The number of anilines is 1. The second-order valence-electron chi connectivity index (χ2n) is 2.19. The van der Waals surface area contributed by atoms with Gasteiger partial charge in [-0.15, -0.1) is 0 Å². The average Bonchev–Trinajstić information content (AvgIpc) is 2.54. The van der Waals surface area contributed by atoms with Gasteiger partial charge in [0.1, 0.15) is 10.7 Å². The van der Waals surface area contributed by atoms with Gasteiger partial charge in [-0.3, -0.25) is 0 Å². The number of nitrogen functional groups attached to an aromatic ring is 1. The summed E-state index contributed by atoms with van der Waals surface area (Å²) in [5.41, 5.74) is 6.25. The highest BCUT2D eigenvalue weighted by Crippen LogP contribution is 2.18. The Hall–Kier alpha value is -1.49. The van der Waals surface area contributed by atoms with E-state index in [4.69, 9.17) is 5.73 Å². The van der Waals surface area contributed by atoms with Gasteiger partial charge >= 0.3 is 0 Å². The second kappa shape index (κ2) is 2.86. The first-order valence-electron chi connectivity index (χ1n) is 3.36. The Morgan fingerprint density at radius 1 is 1.25 bits per heavy atom. The summed E-state index contributed by atoms with van der Waals surface area (Å²) in [6, 6.07) is 3.53. The molecule has 0 aliphatic rings. The zero-order chi connectivity index (χ0) is 8.39. The molecule has 2 N–H and O–H groups in total. The molecule has 0 saturated heterocycles. The standard InChI is InChI=1S/C7H6N4S/c8-6-4-5(11-12-6)7-9-2-1-3-10-7/h1-4H,8H2. The third-order valence-electron chi connectivity index (χ3n) is 1.32. The summed E-state index contributed by atoms with van der Waals surface area (Å²) in [6.45, 7) is 0. The SMILES string of the molecule is Nc1cc(-c2ncccn2)ns1. The second-order valence-corrected chi connectivity index (χ2v) is 3.02. The minimum absolute atomic E-state index is 0.616. The average molecular weight is 178 g/mol. The van der Waals surface area contributed by atoms with E-state index in [9.17, 15) is 0 Å². The lowest BCUT2D eigenvalue weighted by Crippen LogP contribution is -1.85. The van der Waals surface area contributed by atoms with Gasteiger partial charge in [-0.05, 0) is 17.6 Å². The molecule has 0 amide bonds. The Balaban J connectivity index is 2.45. The summed E-state index contributed by atoms with van der Waals surface area (Å²) in [5.74, 6) is 0.616. The van der Waals surface area contributed by atoms with Crippen LogP contribution in [0.15, 0.2) is 24.5 Å². The van der Waals surface area contributed by atoms with Crippen molar-refractivity contribution in [2.24, 2.45) is 0 Å². The van der Waals surface area contributed by atoms with Gasteiger partial charge in [0.15, 0.2) is 5.82 Å². The first-order valence-corrected chi connectivity index (χ1v) is 4.13. The lowest BCUT2D eigenvalue weighted by atomic mass is 10.4. The van der Waals surface area contributed by atoms with Crippen LogP contribution in [0.2, 0.25) is 0 Å². The molecule has 12 heavy (non-hydrogen) atoms. The first kappa shape index (κ1) is 7.17. The largest absolute Gasteiger partial charge is 0.389 e. The fourth-order valence-corrected chi connectivity index (χ4v) is 1.33. The van der Waals surface area contributed by atoms with Gasteiger partial charge in [-0.25, -0.2) is 9.97 Å². The van der Waals surface area contributed by atoms with Crippen molar-refractivity contribution in [3.8, 4) is 11.5 Å². The van der Waals surface area contributed by atoms with E-state index < -0.39 is 0 Å². The van der Waals surface area contributed by atoms with Gasteiger partial charge < -0.3 is 5.73 Å². The summed E-state index contributed by atoms with van der Waals surface area (Å²) in [5, 5.41) is 0.678. The topological polar surface area (TPSA) is 64.7 Å². The van der Waals surface area contributed by atoms with Crippen LogP contribution in [0.25, 0.3) is 11.5 Å². The Bertz CT molecular complexity index is 370. The molecule has 60 valence electrons. The number of nitrogens with zero attached hydrogens (tertiary/aromatic N) is 3. The number of hydrogen-bond donors (Lipinski definition) is 1. The number of rotatable bonds is 1. The molecule has 0 bridgehead atoms. The Kier molecular flexibility index (Phi) is 1.71. The van der Waals surface area contributed by atoms with Gasteiger partial charge in [-0.1, -0.05) is 0 Å². The first-order chi connectivity index (χ1) is 5.86. The maximum absolute atomic E-state index is 5.52. The molecule has 2 heterocycles. The van der Waals surface area contributed by atoms with Gasteiger partial charge in [0.25, 0.3) is 0 Å². The lowest BCUT2D eigenvalue weighted by molar-refractivity contribution is 1.16. The highest BCUT2D eigenvalue weighted by molar-refractivity contribution is 7.10. The van der Waals surface area contributed by atoms with Crippen LogP contribution in [0.4, 0.5) is 5.00 Å². The van der Waals surface area contributed by atoms with Crippen molar-refractivity contribution in [2.75, 3.05) is 5.73 Å². The van der Waals surface area contributed by atoms with E-state index >= 15 is 0 Å². The fourth-order valence-electron chi connectivity index (χ4n) is 0.826. The van der Waals surface area contributed by atoms with E-state index in [0.29, 0.717) is 10.8 Å². The number of hydrogen-bond acceptors (Lipinski definition) is 5. The molecule has 0 aliphatic carbocycles. The predicted molar refractivity (Wildman–Crippen MR) is 47.6 cm³/mol. The molecule has 0 aliphatic heterocycles. The summed E-state index contributed by atoms with van der Waals surface area (Å²) >= 11 is 1.25. The minimum Gasteiger partial charge on any atom is -0.389 e. The van der Waals surface area contributed by atoms with Crippen LogP contribution in [-0.4, -0.2) is 14.3 Å². The molecule has 0 aromatic carbocycles. The van der Waals surface area contributed by atoms with Gasteiger partial charge in [0, 0.05) is 18.5 Å². The maximum atomic E-state index is 5.52. The van der Waals surface area contributed by atoms with Gasteiger partial charge in [0.2, 0.25) is 0 Å². The zero-order valence-corrected chi connectivity index (χ0v) is 6.95. The van der Waals surface area contributed by atoms with Crippen LogP contribution >= 0.6 is 11.5 Å². The molecule has 5 heteroatoms. The van der Waals surface area contributed by atoms with Crippen molar-refractivity contribution in [1.29, 1.82) is 0 Å². The van der Waals surface area contributed by atoms with E-state index in [1.54, 1.807) is 24.5 Å². The Morgan fingerprint density at radius 2 is 2.00 bits per heavy atom. The molecule has 0 fully saturated rings. The number of aromatic nitrogens is 3. The van der Waals surface area contributed by atoms with Crippen LogP contribution < -0.4 is 5.73 Å². The van der Waals surface area contributed by atoms with Crippen LogP contribution in [0.1, 0.15) is 0 Å².